The standard InChI is InChI=1S/C7H9F3O/c8-7(9,10)5-1-3-6(11)4-2-5/h1,3,5-6,11H,2,4H2. The maximum absolute atomic E-state index is 11.9. The highest BCUT2D eigenvalue weighted by atomic mass is 19.4. The molecule has 2 atom stereocenters. The number of aliphatic hydroxyl groups is 1. The second-order valence-electron chi connectivity index (χ2n) is 2.68. The van der Waals surface area contributed by atoms with Crippen molar-refractivity contribution in [1.82, 2.24) is 0 Å². The number of halogens is 3. The van der Waals surface area contributed by atoms with Crippen LogP contribution in [0.2, 0.25) is 0 Å². The summed E-state index contributed by atoms with van der Waals surface area (Å²) in [6, 6.07) is 0. The first kappa shape index (κ1) is 8.59. The second-order valence-corrected chi connectivity index (χ2v) is 2.68. The third-order valence-corrected chi connectivity index (χ3v) is 1.76. The van der Waals surface area contributed by atoms with Crippen molar-refractivity contribution in [3.8, 4) is 0 Å². The normalized spacial score (nSPS) is 32.4. The summed E-state index contributed by atoms with van der Waals surface area (Å²) in [5, 5.41) is 8.84. The fraction of sp³-hybridized carbons (Fsp3) is 0.714. The molecule has 0 aliphatic heterocycles. The van der Waals surface area contributed by atoms with Gasteiger partial charge < -0.3 is 5.11 Å². The molecule has 0 aromatic carbocycles. The van der Waals surface area contributed by atoms with Gasteiger partial charge in [0, 0.05) is 0 Å². The molecule has 2 unspecified atom stereocenters. The van der Waals surface area contributed by atoms with Crippen molar-refractivity contribution < 1.29 is 18.3 Å². The van der Waals surface area contributed by atoms with Gasteiger partial charge in [-0.05, 0) is 12.8 Å². The quantitative estimate of drug-likeness (QED) is 0.545. The molecule has 11 heavy (non-hydrogen) atoms. The van der Waals surface area contributed by atoms with Gasteiger partial charge in [-0.25, -0.2) is 0 Å². The zero-order chi connectivity index (χ0) is 8.48. The molecule has 0 fully saturated rings. The van der Waals surface area contributed by atoms with Crippen molar-refractivity contribution in [3.63, 3.8) is 0 Å². The molecular formula is C7H9F3O. The Kier molecular flexibility index (Phi) is 2.23. The minimum Gasteiger partial charge on any atom is -0.389 e. The summed E-state index contributed by atoms with van der Waals surface area (Å²) in [6.45, 7) is 0. The first-order chi connectivity index (χ1) is 5.00. The summed E-state index contributed by atoms with van der Waals surface area (Å²) in [7, 11) is 0. The van der Waals surface area contributed by atoms with E-state index in [9.17, 15) is 13.2 Å². The first-order valence-corrected chi connectivity index (χ1v) is 3.43. The molecule has 0 radical (unpaired) electrons. The fourth-order valence-corrected chi connectivity index (χ4v) is 1.08. The molecule has 0 aromatic heterocycles. The molecule has 1 nitrogen and oxygen atoms in total. The van der Waals surface area contributed by atoms with Crippen LogP contribution in [0.1, 0.15) is 12.8 Å². The van der Waals surface area contributed by atoms with E-state index >= 15 is 0 Å². The van der Waals surface area contributed by atoms with Crippen LogP contribution >= 0.6 is 0 Å². The molecule has 0 aromatic rings. The predicted molar refractivity (Wildman–Crippen MR) is 33.9 cm³/mol. The van der Waals surface area contributed by atoms with Crippen LogP contribution in [-0.2, 0) is 0 Å². The summed E-state index contributed by atoms with van der Waals surface area (Å²) < 4.78 is 35.8. The summed E-state index contributed by atoms with van der Waals surface area (Å²) in [4.78, 5) is 0. The largest absolute Gasteiger partial charge is 0.395 e. The Hall–Kier alpha value is -0.510. The van der Waals surface area contributed by atoms with E-state index in [1.165, 1.54) is 6.08 Å². The van der Waals surface area contributed by atoms with Crippen LogP contribution in [0.4, 0.5) is 13.2 Å². The van der Waals surface area contributed by atoms with Crippen molar-refractivity contribution in [3.05, 3.63) is 12.2 Å². The van der Waals surface area contributed by atoms with Crippen LogP contribution in [0.25, 0.3) is 0 Å². The third-order valence-electron chi connectivity index (χ3n) is 1.76. The zero-order valence-corrected chi connectivity index (χ0v) is 5.80. The van der Waals surface area contributed by atoms with E-state index in [2.05, 4.69) is 0 Å². The summed E-state index contributed by atoms with van der Waals surface area (Å²) in [5.41, 5.74) is 0. The van der Waals surface area contributed by atoms with Gasteiger partial charge in [0.05, 0.1) is 12.0 Å². The molecule has 1 rings (SSSR count). The average Bonchev–Trinajstić information content (AvgIpc) is 1.86. The smallest absolute Gasteiger partial charge is 0.389 e. The van der Waals surface area contributed by atoms with Crippen molar-refractivity contribution in [2.45, 2.75) is 25.1 Å². The van der Waals surface area contributed by atoms with Crippen LogP contribution in [0.15, 0.2) is 12.2 Å². The van der Waals surface area contributed by atoms with E-state index in [0.29, 0.717) is 0 Å². The highest BCUT2D eigenvalue weighted by Gasteiger charge is 2.38. The Morgan fingerprint density at radius 1 is 1.18 bits per heavy atom. The number of aliphatic hydroxyl groups excluding tert-OH is 1. The number of hydrogen-bond donors (Lipinski definition) is 1. The summed E-state index contributed by atoms with van der Waals surface area (Å²) in [5.74, 6) is -1.36. The van der Waals surface area contributed by atoms with E-state index in [1.54, 1.807) is 0 Å². The lowest BCUT2D eigenvalue weighted by molar-refractivity contribution is -0.165. The maximum Gasteiger partial charge on any atom is 0.395 e. The van der Waals surface area contributed by atoms with Crippen LogP contribution in [0.5, 0.6) is 0 Å². The zero-order valence-electron chi connectivity index (χ0n) is 5.80. The summed E-state index contributed by atoms with van der Waals surface area (Å²) >= 11 is 0. The number of hydrogen-bond acceptors (Lipinski definition) is 1. The molecule has 0 bridgehead atoms. The van der Waals surface area contributed by atoms with Gasteiger partial charge >= 0.3 is 6.18 Å². The molecule has 0 saturated carbocycles. The molecule has 0 amide bonds. The van der Waals surface area contributed by atoms with E-state index in [4.69, 9.17) is 5.11 Å². The molecule has 1 N–H and O–H groups in total. The maximum atomic E-state index is 11.9. The van der Waals surface area contributed by atoms with E-state index < -0.39 is 18.2 Å². The molecule has 1 aliphatic carbocycles. The Balaban J connectivity index is 2.57. The molecule has 64 valence electrons. The van der Waals surface area contributed by atoms with Gasteiger partial charge in [-0.2, -0.15) is 13.2 Å². The average molecular weight is 166 g/mol. The summed E-state index contributed by atoms with van der Waals surface area (Å²) in [6.07, 6.45) is -2.37. The number of allylic oxidation sites excluding steroid dienone is 1. The van der Waals surface area contributed by atoms with E-state index in [0.717, 1.165) is 6.08 Å². The van der Waals surface area contributed by atoms with Crippen LogP contribution in [0.3, 0.4) is 0 Å². The van der Waals surface area contributed by atoms with E-state index in [1.807, 2.05) is 0 Å². The van der Waals surface area contributed by atoms with Gasteiger partial charge in [0.2, 0.25) is 0 Å². The van der Waals surface area contributed by atoms with Crippen molar-refractivity contribution in [1.29, 1.82) is 0 Å². The molecule has 1 aliphatic rings. The minimum atomic E-state index is -4.14. The second kappa shape index (κ2) is 2.85. The molecule has 4 heteroatoms. The Morgan fingerprint density at radius 3 is 2.18 bits per heavy atom. The predicted octanol–water partition coefficient (Wildman–Crippen LogP) is 1.88. The number of alkyl halides is 3. The molecular weight excluding hydrogens is 157 g/mol. The fourth-order valence-electron chi connectivity index (χ4n) is 1.08. The minimum absolute atomic E-state index is 0.00116. The van der Waals surface area contributed by atoms with Crippen LogP contribution in [-0.4, -0.2) is 17.4 Å². The van der Waals surface area contributed by atoms with Gasteiger partial charge in [-0.15, -0.1) is 0 Å². The molecule has 0 heterocycles. The van der Waals surface area contributed by atoms with Gasteiger partial charge in [0.15, 0.2) is 0 Å². The Morgan fingerprint density at radius 2 is 1.82 bits per heavy atom. The highest BCUT2D eigenvalue weighted by molar-refractivity contribution is 5.00. The Bertz CT molecular complexity index is 162. The Labute approximate surface area is 62.5 Å². The molecule has 0 saturated heterocycles. The van der Waals surface area contributed by atoms with Gasteiger partial charge in [-0.1, -0.05) is 12.2 Å². The van der Waals surface area contributed by atoms with Crippen molar-refractivity contribution >= 4 is 0 Å². The van der Waals surface area contributed by atoms with Crippen LogP contribution < -0.4 is 0 Å². The highest BCUT2D eigenvalue weighted by Crippen LogP contribution is 2.33. The number of rotatable bonds is 0. The van der Waals surface area contributed by atoms with E-state index in [-0.39, 0.29) is 12.8 Å². The van der Waals surface area contributed by atoms with Gasteiger partial charge in [-0.3, -0.25) is 0 Å². The SMILES string of the molecule is OC1C=CC(C(F)(F)F)CC1. The van der Waals surface area contributed by atoms with Gasteiger partial charge in [0.25, 0.3) is 0 Å². The lowest BCUT2D eigenvalue weighted by Crippen LogP contribution is -2.25. The lowest BCUT2D eigenvalue weighted by atomic mass is 9.94. The topological polar surface area (TPSA) is 20.2 Å². The van der Waals surface area contributed by atoms with Crippen molar-refractivity contribution in [2.75, 3.05) is 0 Å². The first-order valence-electron chi connectivity index (χ1n) is 3.43. The lowest BCUT2D eigenvalue weighted by Gasteiger charge is -2.21. The van der Waals surface area contributed by atoms with Crippen molar-refractivity contribution in [2.24, 2.45) is 5.92 Å². The van der Waals surface area contributed by atoms with Crippen LogP contribution in [0, 0.1) is 5.92 Å². The third kappa shape index (κ3) is 2.22. The van der Waals surface area contributed by atoms with Gasteiger partial charge in [0.1, 0.15) is 0 Å². The molecule has 0 spiro atoms. The monoisotopic (exact) mass is 166 g/mol.